The third-order valence-electron chi connectivity index (χ3n) is 3.06. The van der Waals surface area contributed by atoms with E-state index in [1.54, 1.807) is 18.3 Å². The molecule has 0 radical (unpaired) electrons. The molecule has 1 aromatic heterocycles. The number of amides is 1. The second kappa shape index (κ2) is 7.51. The topological polar surface area (TPSA) is 58.4 Å². The molecule has 18 heavy (non-hydrogen) atoms. The fourth-order valence-corrected chi connectivity index (χ4v) is 2.65. The highest BCUT2D eigenvalue weighted by molar-refractivity contribution is 7.07. The zero-order valence-electron chi connectivity index (χ0n) is 11.3. The number of likely N-dealkylation sites (N-methyl/N-ethyl adjacent to an activating group) is 1. The summed E-state index contributed by atoms with van der Waals surface area (Å²) >= 11 is 1.68. The number of carbonyl (C=O) groups excluding carboxylic acids is 1. The monoisotopic (exact) mass is 269 g/mol. The zero-order chi connectivity index (χ0) is 13.5. The number of hydrogen-bond donors (Lipinski definition) is 2. The SMILES string of the molecule is CCN(CC)C(CNC(=O)[C@@H](C)N)c1ccsc1. The fourth-order valence-electron chi connectivity index (χ4n) is 1.95. The zero-order valence-corrected chi connectivity index (χ0v) is 12.2. The normalized spacial score (nSPS) is 14.5. The molecule has 1 unspecified atom stereocenters. The van der Waals surface area contributed by atoms with Gasteiger partial charge in [0.1, 0.15) is 0 Å². The van der Waals surface area contributed by atoms with Crippen molar-refractivity contribution in [2.75, 3.05) is 19.6 Å². The number of nitrogens with one attached hydrogen (secondary N) is 1. The summed E-state index contributed by atoms with van der Waals surface area (Å²) in [6.07, 6.45) is 0. The minimum absolute atomic E-state index is 0.0950. The van der Waals surface area contributed by atoms with Gasteiger partial charge in [-0.1, -0.05) is 13.8 Å². The number of nitrogens with zero attached hydrogens (tertiary/aromatic N) is 1. The van der Waals surface area contributed by atoms with Crippen molar-refractivity contribution >= 4 is 17.2 Å². The van der Waals surface area contributed by atoms with E-state index in [1.165, 1.54) is 5.56 Å². The van der Waals surface area contributed by atoms with Crippen LogP contribution in [0, 0.1) is 0 Å². The highest BCUT2D eigenvalue weighted by Gasteiger charge is 2.19. The molecule has 0 fully saturated rings. The van der Waals surface area contributed by atoms with Gasteiger partial charge >= 0.3 is 0 Å². The lowest BCUT2D eigenvalue weighted by Gasteiger charge is -2.29. The average molecular weight is 269 g/mol. The lowest BCUT2D eigenvalue weighted by atomic mass is 10.1. The first-order valence-electron chi connectivity index (χ1n) is 6.39. The predicted octanol–water partition coefficient (Wildman–Crippen LogP) is 1.59. The summed E-state index contributed by atoms with van der Waals surface area (Å²) in [6.45, 7) is 8.51. The molecule has 2 atom stereocenters. The molecule has 1 aromatic rings. The molecule has 4 nitrogen and oxygen atoms in total. The first-order valence-corrected chi connectivity index (χ1v) is 7.33. The van der Waals surface area contributed by atoms with E-state index in [9.17, 15) is 4.79 Å². The Kier molecular flexibility index (Phi) is 6.32. The molecule has 3 N–H and O–H groups in total. The molecule has 0 aromatic carbocycles. The summed E-state index contributed by atoms with van der Waals surface area (Å²) in [5.74, 6) is -0.0950. The molecule has 1 heterocycles. The number of carbonyl (C=O) groups is 1. The Bertz CT molecular complexity index is 347. The molecule has 1 amide bonds. The molecule has 0 saturated carbocycles. The van der Waals surface area contributed by atoms with Gasteiger partial charge in [0.05, 0.1) is 12.1 Å². The maximum atomic E-state index is 11.6. The standard InChI is InChI=1S/C13H23N3OS/c1-4-16(5-2)12(11-6-7-18-9-11)8-15-13(17)10(3)14/h6-7,9-10,12H,4-5,8,14H2,1-3H3,(H,15,17)/t10-,12?/m1/s1. The third-order valence-corrected chi connectivity index (χ3v) is 3.77. The van der Waals surface area contributed by atoms with Gasteiger partial charge in [-0.2, -0.15) is 11.3 Å². The molecule has 1 rings (SSSR count). The van der Waals surface area contributed by atoms with Crippen LogP contribution in [0.25, 0.3) is 0 Å². The van der Waals surface area contributed by atoms with E-state index in [0.29, 0.717) is 6.54 Å². The van der Waals surface area contributed by atoms with Crippen LogP contribution in [0.3, 0.4) is 0 Å². The van der Waals surface area contributed by atoms with E-state index in [0.717, 1.165) is 13.1 Å². The smallest absolute Gasteiger partial charge is 0.236 e. The van der Waals surface area contributed by atoms with Gasteiger partial charge in [-0.15, -0.1) is 0 Å². The Balaban J connectivity index is 2.70. The Labute approximate surface area is 113 Å². The maximum absolute atomic E-state index is 11.6. The average Bonchev–Trinajstić information content (AvgIpc) is 2.87. The molecule has 0 saturated heterocycles. The van der Waals surface area contributed by atoms with E-state index < -0.39 is 6.04 Å². The van der Waals surface area contributed by atoms with Crippen molar-refractivity contribution in [3.63, 3.8) is 0 Å². The quantitative estimate of drug-likeness (QED) is 0.790. The Morgan fingerprint density at radius 3 is 2.61 bits per heavy atom. The summed E-state index contributed by atoms with van der Waals surface area (Å²) < 4.78 is 0. The van der Waals surface area contributed by atoms with Gasteiger partial charge in [0.15, 0.2) is 0 Å². The van der Waals surface area contributed by atoms with Crippen LogP contribution in [0.1, 0.15) is 32.4 Å². The highest BCUT2D eigenvalue weighted by atomic mass is 32.1. The lowest BCUT2D eigenvalue weighted by molar-refractivity contribution is -0.122. The van der Waals surface area contributed by atoms with Crippen molar-refractivity contribution in [2.45, 2.75) is 32.9 Å². The van der Waals surface area contributed by atoms with Gasteiger partial charge < -0.3 is 11.1 Å². The van der Waals surface area contributed by atoms with Crippen molar-refractivity contribution in [1.82, 2.24) is 10.2 Å². The van der Waals surface area contributed by atoms with Crippen LogP contribution in [0.15, 0.2) is 16.8 Å². The number of thiophene rings is 1. The van der Waals surface area contributed by atoms with Crippen LogP contribution < -0.4 is 11.1 Å². The molecule has 5 heteroatoms. The van der Waals surface area contributed by atoms with Crippen molar-refractivity contribution in [1.29, 1.82) is 0 Å². The number of rotatable bonds is 7. The summed E-state index contributed by atoms with van der Waals surface area (Å²) in [5.41, 5.74) is 6.82. The van der Waals surface area contributed by atoms with E-state index in [4.69, 9.17) is 5.73 Å². The molecule has 0 aliphatic carbocycles. The van der Waals surface area contributed by atoms with Crippen molar-refractivity contribution in [3.8, 4) is 0 Å². The molecule has 0 aliphatic heterocycles. The van der Waals surface area contributed by atoms with Crippen LogP contribution in [-0.4, -0.2) is 36.5 Å². The second-order valence-electron chi connectivity index (χ2n) is 4.33. The van der Waals surface area contributed by atoms with Crippen molar-refractivity contribution in [3.05, 3.63) is 22.4 Å². The molecule has 0 bridgehead atoms. The van der Waals surface area contributed by atoms with E-state index in [2.05, 4.69) is 40.9 Å². The third kappa shape index (κ3) is 4.08. The van der Waals surface area contributed by atoms with Crippen molar-refractivity contribution in [2.24, 2.45) is 5.73 Å². The summed E-state index contributed by atoms with van der Waals surface area (Å²) in [7, 11) is 0. The predicted molar refractivity (Wildman–Crippen MR) is 76.6 cm³/mol. The maximum Gasteiger partial charge on any atom is 0.236 e. The lowest BCUT2D eigenvalue weighted by Crippen LogP contribution is -2.43. The van der Waals surface area contributed by atoms with E-state index in [1.807, 2.05) is 0 Å². The number of nitrogens with two attached hydrogens (primary N) is 1. The molecule has 102 valence electrons. The van der Waals surface area contributed by atoms with Gasteiger partial charge in [0.2, 0.25) is 5.91 Å². The van der Waals surface area contributed by atoms with Gasteiger partial charge in [0, 0.05) is 6.54 Å². The fraction of sp³-hybridized carbons (Fsp3) is 0.615. The van der Waals surface area contributed by atoms with Crippen LogP contribution in [0.4, 0.5) is 0 Å². The Morgan fingerprint density at radius 2 is 2.17 bits per heavy atom. The summed E-state index contributed by atoms with van der Waals surface area (Å²) in [5, 5.41) is 7.13. The molecule has 0 aliphatic rings. The molecular weight excluding hydrogens is 246 g/mol. The van der Waals surface area contributed by atoms with Crippen LogP contribution in [0.2, 0.25) is 0 Å². The van der Waals surface area contributed by atoms with Gasteiger partial charge in [-0.3, -0.25) is 9.69 Å². The van der Waals surface area contributed by atoms with Crippen molar-refractivity contribution < 1.29 is 4.79 Å². The first-order chi connectivity index (χ1) is 8.60. The van der Waals surface area contributed by atoms with Gasteiger partial charge in [0.25, 0.3) is 0 Å². The minimum Gasteiger partial charge on any atom is -0.353 e. The highest BCUT2D eigenvalue weighted by Crippen LogP contribution is 2.22. The van der Waals surface area contributed by atoms with Gasteiger partial charge in [-0.05, 0) is 42.4 Å². The van der Waals surface area contributed by atoms with E-state index in [-0.39, 0.29) is 11.9 Å². The minimum atomic E-state index is -0.454. The number of hydrogen-bond acceptors (Lipinski definition) is 4. The Hall–Kier alpha value is -0.910. The molecular formula is C13H23N3OS. The van der Waals surface area contributed by atoms with E-state index >= 15 is 0 Å². The summed E-state index contributed by atoms with van der Waals surface area (Å²) in [6, 6.07) is 1.89. The second-order valence-corrected chi connectivity index (χ2v) is 5.11. The van der Waals surface area contributed by atoms with Gasteiger partial charge in [-0.25, -0.2) is 0 Å². The Morgan fingerprint density at radius 1 is 1.50 bits per heavy atom. The summed E-state index contributed by atoms with van der Waals surface area (Å²) in [4.78, 5) is 13.9. The van der Waals surface area contributed by atoms with Crippen LogP contribution >= 0.6 is 11.3 Å². The first kappa shape index (κ1) is 15.1. The largest absolute Gasteiger partial charge is 0.353 e. The van der Waals surface area contributed by atoms with Crippen LogP contribution in [-0.2, 0) is 4.79 Å². The van der Waals surface area contributed by atoms with Crippen LogP contribution in [0.5, 0.6) is 0 Å². The molecule has 0 spiro atoms.